The summed E-state index contributed by atoms with van der Waals surface area (Å²) in [7, 11) is -1.52. The third kappa shape index (κ3) is 3.10. The zero-order valence-corrected chi connectivity index (χ0v) is 15.1. The first kappa shape index (κ1) is 17.3. The van der Waals surface area contributed by atoms with Gasteiger partial charge in [-0.15, -0.1) is 0 Å². The summed E-state index contributed by atoms with van der Waals surface area (Å²) in [6, 6.07) is 22.0. The average Bonchev–Trinajstić information content (AvgIpc) is 3.02. The smallest absolute Gasteiger partial charge is 0.423 e. The van der Waals surface area contributed by atoms with Gasteiger partial charge in [-0.2, -0.15) is 0 Å². The second-order valence-corrected chi connectivity index (χ2v) is 6.45. The Balaban J connectivity index is 2.09. The lowest BCUT2D eigenvalue weighted by molar-refractivity contribution is 0.426. The van der Waals surface area contributed by atoms with Gasteiger partial charge in [0.25, 0.3) is 0 Å². The van der Waals surface area contributed by atoms with Crippen LogP contribution in [0.2, 0.25) is 0 Å². The van der Waals surface area contributed by atoms with Gasteiger partial charge >= 0.3 is 7.12 Å². The van der Waals surface area contributed by atoms with Crippen LogP contribution in [0.4, 0.5) is 0 Å². The highest BCUT2D eigenvalue weighted by atomic mass is 16.4. The van der Waals surface area contributed by atoms with Gasteiger partial charge < -0.3 is 14.6 Å². The molecule has 1 heterocycles. The number of hydrogen-bond acceptors (Lipinski definition) is 2. The van der Waals surface area contributed by atoms with Gasteiger partial charge in [0.1, 0.15) is 0 Å². The van der Waals surface area contributed by atoms with Crippen molar-refractivity contribution in [3.8, 4) is 5.69 Å². The fourth-order valence-electron chi connectivity index (χ4n) is 3.56. The minimum absolute atomic E-state index is 0.518. The molecule has 0 bridgehead atoms. The van der Waals surface area contributed by atoms with Crippen LogP contribution in [0.3, 0.4) is 0 Å². The van der Waals surface area contributed by atoms with E-state index in [0.717, 1.165) is 33.1 Å². The number of aromatic nitrogens is 1. The van der Waals surface area contributed by atoms with Crippen molar-refractivity contribution in [2.24, 2.45) is 0 Å². The molecule has 2 N–H and O–H groups in total. The van der Waals surface area contributed by atoms with Gasteiger partial charge in [0.15, 0.2) is 0 Å². The Morgan fingerprint density at radius 1 is 0.852 bits per heavy atom. The van der Waals surface area contributed by atoms with Gasteiger partial charge in [-0.05, 0) is 42.2 Å². The largest absolute Gasteiger partial charge is 0.489 e. The van der Waals surface area contributed by atoms with Crippen molar-refractivity contribution >= 4 is 40.5 Å². The van der Waals surface area contributed by atoms with Crippen LogP contribution >= 0.6 is 0 Å². The predicted molar refractivity (Wildman–Crippen MR) is 114 cm³/mol. The van der Waals surface area contributed by atoms with Crippen molar-refractivity contribution in [1.82, 2.24) is 4.57 Å². The standard InChI is InChI=1S/C23H20BNO2/c1-2-3-5-9-17-14-15-19-22(16-17)25(18-10-6-4-7-11-18)21-13-8-12-20(23(19)21)24(26)27/h2-16,26-27H,1H3/b3-2-,9-5-. The maximum atomic E-state index is 9.89. The molecular formula is C23H20BNO2. The molecule has 0 aliphatic heterocycles. The lowest BCUT2D eigenvalue weighted by Crippen LogP contribution is -2.30. The molecule has 0 atom stereocenters. The van der Waals surface area contributed by atoms with E-state index in [2.05, 4.69) is 41.0 Å². The molecule has 4 aromatic rings. The Kier molecular flexibility index (Phi) is 4.67. The van der Waals surface area contributed by atoms with Gasteiger partial charge in [0.2, 0.25) is 0 Å². The molecule has 0 fully saturated rings. The van der Waals surface area contributed by atoms with Crippen LogP contribution in [-0.2, 0) is 0 Å². The lowest BCUT2D eigenvalue weighted by Gasteiger charge is -2.08. The predicted octanol–water partition coefficient (Wildman–Crippen LogP) is 4.05. The molecule has 0 aliphatic carbocycles. The summed E-state index contributed by atoms with van der Waals surface area (Å²) in [6.45, 7) is 1.99. The van der Waals surface area contributed by atoms with Gasteiger partial charge in [0, 0.05) is 16.5 Å². The number of rotatable bonds is 4. The molecule has 0 amide bonds. The minimum Gasteiger partial charge on any atom is -0.423 e. The Labute approximate surface area is 158 Å². The molecule has 3 nitrogen and oxygen atoms in total. The van der Waals surface area contributed by atoms with Crippen LogP contribution in [0.5, 0.6) is 0 Å². The first-order chi connectivity index (χ1) is 13.2. The maximum absolute atomic E-state index is 9.89. The fraction of sp³-hybridized carbons (Fsp3) is 0.0435. The molecule has 4 rings (SSSR count). The van der Waals surface area contributed by atoms with Crippen LogP contribution < -0.4 is 5.46 Å². The minimum atomic E-state index is -1.52. The van der Waals surface area contributed by atoms with Crippen molar-refractivity contribution < 1.29 is 10.0 Å². The number of benzene rings is 3. The highest BCUT2D eigenvalue weighted by Gasteiger charge is 2.20. The normalized spacial score (nSPS) is 12.0. The van der Waals surface area contributed by atoms with Crippen LogP contribution in [0.15, 0.2) is 85.0 Å². The number of allylic oxidation sites excluding steroid dienone is 3. The van der Waals surface area contributed by atoms with Crippen molar-refractivity contribution in [2.75, 3.05) is 0 Å². The highest BCUT2D eigenvalue weighted by molar-refractivity contribution is 6.63. The zero-order valence-electron chi connectivity index (χ0n) is 15.1. The Morgan fingerprint density at radius 3 is 2.41 bits per heavy atom. The molecule has 0 unspecified atom stereocenters. The molecule has 132 valence electrons. The topological polar surface area (TPSA) is 45.4 Å². The highest BCUT2D eigenvalue weighted by Crippen LogP contribution is 2.32. The number of para-hydroxylation sites is 1. The van der Waals surface area contributed by atoms with Gasteiger partial charge in [-0.1, -0.05) is 66.8 Å². The third-order valence-electron chi connectivity index (χ3n) is 4.73. The Hall–Kier alpha value is -3.08. The van der Waals surface area contributed by atoms with Crippen LogP contribution in [0, 0.1) is 0 Å². The molecule has 0 spiro atoms. The zero-order chi connectivity index (χ0) is 18.8. The van der Waals surface area contributed by atoms with E-state index in [1.807, 2.05) is 55.5 Å². The van der Waals surface area contributed by atoms with Crippen molar-refractivity contribution in [3.05, 3.63) is 90.5 Å². The molecule has 27 heavy (non-hydrogen) atoms. The summed E-state index contributed by atoms with van der Waals surface area (Å²) in [5.41, 5.74) is 4.64. The van der Waals surface area contributed by atoms with Crippen molar-refractivity contribution in [3.63, 3.8) is 0 Å². The van der Waals surface area contributed by atoms with E-state index in [1.165, 1.54) is 0 Å². The maximum Gasteiger partial charge on any atom is 0.489 e. The van der Waals surface area contributed by atoms with Gasteiger partial charge in [-0.25, -0.2) is 0 Å². The van der Waals surface area contributed by atoms with E-state index in [0.29, 0.717) is 5.46 Å². The molecule has 0 saturated carbocycles. The second-order valence-electron chi connectivity index (χ2n) is 6.45. The summed E-state index contributed by atoms with van der Waals surface area (Å²) in [5, 5.41) is 21.6. The molecule has 1 aromatic heterocycles. The summed E-state index contributed by atoms with van der Waals surface area (Å²) in [6.07, 6.45) is 8.07. The summed E-state index contributed by atoms with van der Waals surface area (Å²) in [4.78, 5) is 0. The number of fused-ring (bicyclic) bond motifs is 3. The van der Waals surface area contributed by atoms with Gasteiger partial charge in [0.05, 0.1) is 11.0 Å². The third-order valence-corrected chi connectivity index (χ3v) is 4.73. The van der Waals surface area contributed by atoms with E-state index in [9.17, 15) is 10.0 Å². The molecule has 0 saturated heterocycles. The first-order valence-electron chi connectivity index (χ1n) is 8.98. The van der Waals surface area contributed by atoms with Crippen LogP contribution in [0.25, 0.3) is 33.6 Å². The Morgan fingerprint density at radius 2 is 1.67 bits per heavy atom. The van der Waals surface area contributed by atoms with E-state index < -0.39 is 7.12 Å². The second kappa shape index (κ2) is 7.27. The summed E-state index contributed by atoms with van der Waals surface area (Å²) in [5.74, 6) is 0. The number of hydrogen-bond donors (Lipinski definition) is 2. The number of nitrogens with zero attached hydrogens (tertiary/aromatic N) is 1. The molecule has 4 heteroatoms. The average molecular weight is 353 g/mol. The lowest BCUT2D eigenvalue weighted by atomic mass is 9.77. The van der Waals surface area contributed by atoms with E-state index in [-0.39, 0.29) is 0 Å². The monoisotopic (exact) mass is 353 g/mol. The Bertz CT molecular complexity index is 1160. The quantitative estimate of drug-likeness (QED) is 0.429. The van der Waals surface area contributed by atoms with Crippen LogP contribution in [0.1, 0.15) is 12.5 Å². The van der Waals surface area contributed by atoms with Gasteiger partial charge in [-0.3, -0.25) is 0 Å². The SMILES string of the molecule is C/C=C\C=C/c1ccc2c3c(B(O)O)cccc3n(-c3ccccc3)c2c1. The summed E-state index contributed by atoms with van der Waals surface area (Å²) >= 11 is 0. The van der Waals surface area contributed by atoms with Crippen LogP contribution in [-0.4, -0.2) is 21.7 Å². The molecule has 3 aromatic carbocycles. The summed E-state index contributed by atoms with van der Waals surface area (Å²) < 4.78 is 2.17. The molecule has 0 radical (unpaired) electrons. The molecule has 0 aliphatic rings. The fourth-order valence-corrected chi connectivity index (χ4v) is 3.56. The molecular weight excluding hydrogens is 333 g/mol. The van der Waals surface area contributed by atoms with Crippen molar-refractivity contribution in [1.29, 1.82) is 0 Å². The van der Waals surface area contributed by atoms with Crippen molar-refractivity contribution in [2.45, 2.75) is 6.92 Å². The first-order valence-corrected chi connectivity index (χ1v) is 8.98. The van der Waals surface area contributed by atoms with E-state index >= 15 is 0 Å². The van der Waals surface area contributed by atoms with E-state index in [4.69, 9.17) is 0 Å². The van der Waals surface area contributed by atoms with E-state index in [1.54, 1.807) is 6.07 Å².